The lowest BCUT2D eigenvalue weighted by Gasteiger charge is -2.24. The van der Waals surface area contributed by atoms with Gasteiger partial charge in [-0.3, -0.25) is 19.3 Å². The molecule has 2 fully saturated rings. The maximum atomic E-state index is 12.3. The van der Waals surface area contributed by atoms with E-state index in [1.807, 2.05) is 0 Å². The molecule has 1 heterocycles. The van der Waals surface area contributed by atoms with Crippen molar-refractivity contribution in [2.75, 3.05) is 0 Å². The van der Waals surface area contributed by atoms with E-state index in [0.717, 1.165) is 25.7 Å². The predicted molar refractivity (Wildman–Crippen MR) is 59.1 cm³/mol. The number of rotatable bonds is 3. The van der Waals surface area contributed by atoms with E-state index in [4.69, 9.17) is 5.11 Å². The topological polar surface area (TPSA) is 74.7 Å². The molecule has 0 radical (unpaired) electrons. The molecule has 1 saturated carbocycles. The highest BCUT2D eigenvalue weighted by Crippen LogP contribution is 2.47. The lowest BCUT2D eigenvalue weighted by Crippen LogP contribution is -2.41. The third-order valence-electron chi connectivity index (χ3n) is 3.90. The van der Waals surface area contributed by atoms with Crippen LogP contribution < -0.4 is 0 Å². The molecule has 1 aliphatic carbocycles. The average Bonchev–Trinajstić information content (AvgIpc) is 2.74. The Morgan fingerprint density at radius 2 is 2.00 bits per heavy atom. The van der Waals surface area contributed by atoms with Crippen LogP contribution in [-0.4, -0.2) is 33.8 Å². The van der Waals surface area contributed by atoms with Crippen LogP contribution >= 0.6 is 0 Å². The minimum atomic E-state index is -0.981. The Labute approximate surface area is 99.8 Å². The Kier molecular flexibility index (Phi) is 2.93. The molecule has 2 aliphatic rings. The zero-order valence-electron chi connectivity index (χ0n) is 9.94. The first-order chi connectivity index (χ1) is 7.96. The number of carbonyl (C=O) groups is 3. The van der Waals surface area contributed by atoms with Crippen LogP contribution in [0.2, 0.25) is 0 Å². The minimum absolute atomic E-state index is 0.145. The summed E-state index contributed by atoms with van der Waals surface area (Å²) >= 11 is 0. The summed E-state index contributed by atoms with van der Waals surface area (Å²) < 4.78 is 0. The third kappa shape index (κ3) is 1.94. The van der Waals surface area contributed by atoms with Crippen LogP contribution in [-0.2, 0) is 14.4 Å². The zero-order valence-corrected chi connectivity index (χ0v) is 9.94. The number of likely N-dealkylation sites (tertiary alicyclic amines) is 1. The first-order valence-corrected chi connectivity index (χ1v) is 6.04. The lowest BCUT2D eigenvalue weighted by molar-refractivity contribution is -0.146. The zero-order chi connectivity index (χ0) is 12.6. The highest BCUT2D eigenvalue weighted by atomic mass is 16.4. The van der Waals surface area contributed by atoms with Crippen LogP contribution in [0.3, 0.4) is 0 Å². The van der Waals surface area contributed by atoms with Gasteiger partial charge in [0.1, 0.15) is 0 Å². The molecule has 0 aromatic rings. The van der Waals surface area contributed by atoms with Gasteiger partial charge in [-0.05, 0) is 19.8 Å². The van der Waals surface area contributed by atoms with Gasteiger partial charge in [0.25, 0.3) is 0 Å². The molecule has 2 rings (SSSR count). The number of aliphatic carboxylic acids is 1. The molecule has 1 saturated heterocycles. The number of imide groups is 1. The highest BCUT2D eigenvalue weighted by Gasteiger charge is 2.53. The normalized spacial score (nSPS) is 24.6. The van der Waals surface area contributed by atoms with Crippen LogP contribution in [0, 0.1) is 5.41 Å². The second kappa shape index (κ2) is 4.13. The molecule has 0 bridgehead atoms. The molecule has 1 aliphatic heterocycles. The summed E-state index contributed by atoms with van der Waals surface area (Å²) in [7, 11) is 0. The summed E-state index contributed by atoms with van der Waals surface area (Å²) in [6.07, 6.45) is 3.62. The Morgan fingerprint density at radius 3 is 2.53 bits per heavy atom. The van der Waals surface area contributed by atoms with Crippen molar-refractivity contribution in [2.45, 2.75) is 51.5 Å². The van der Waals surface area contributed by atoms with Crippen molar-refractivity contribution in [2.24, 2.45) is 5.41 Å². The second-order valence-corrected chi connectivity index (χ2v) is 5.18. The molecule has 1 unspecified atom stereocenters. The molecule has 5 nitrogen and oxygen atoms in total. The van der Waals surface area contributed by atoms with Gasteiger partial charge < -0.3 is 5.11 Å². The number of amides is 2. The SMILES string of the molecule is CC(CC(=O)O)N1C(=O)CC2(CCCC2)C1=O. The van der Waals surface area contributed by atoms with Crippen LogP contribution in [0.4, 0.5) is 0 Å². The van der Waals surface area contributed by atoms with E-state index in [2.05, 4.69) is 0 Å². The fraction of sp³-hybridized carbons (Fsp3) is 0.750. The minimum Gasteiger partial charge on any atom is -0.481 e. The van der Waals surface area contributed by atoms with Crippen LogP contribution in [0.15, 0.2) is 0 Å². The fourth-order valence-electron chi connectivity index (χ4n) is 3.05. The summed E-state index contributed by atoms with van der Waals surface area (Å²) in [6.45, 7) is 1.62. The molecule has 0 aromatic heterocycles. The van der Waals surface area contributed by atoms with E-state index in [1.165, 1.54) is 4.90 Å². The smallest absolute Gasteiger partial charge is 0.305 e. The van der Waals surface area contributed by atoms with Crippen molar-refractivity contribution in [1.29, 1.82) is 0 Å². The van der Waals surface area contributed by atoms with E-state index in [1.54, 1.807) is 6.92 Å². The Balaban J connectivity index is 2.16. The molecule has 5 heteroatoms. The van der Waals surface area contributed by atoms with Gasteiger partial charge in [0, 0.05) is 12.5 Å². The lowest BCUT2D eigenvalue weighted by atomic mass is 9.84. The second-order valence-electron chi connectivity index (χ2n) is 5.18. The molecule has 17 heavy (non-hydrogen) atoms. The summed E-state index contributed by atoms with van der Waals surface area (Å²) in [5, 5.41) is 8.72. The van der Waals surface area contributed by atoms with Gasteiger partial charge in [0.15, 0.2) is 0 Å². The summed E-state index contributed by atoms with van der Waals surface area (Å²) in [4.78, 5) is 36.0. The van der Waals surface area contributed by atoms with Gasteiger partial charge in [-0.1, -0.05) is 12.8 Å². The van der Waals surface area contributed by atoms with E-state index < -0.39 is 17.4 Å². The largest absolute Gasteiger partial charge is 0.481 e. The quantitative estimate of drug-likeness (QED) is 0.750. The number of nitrogens with zero attached hydrogens (tertiary/aromatic N) is 1. The Morgan fingerprint density at radius 1 is 1.41 bits per heavy atom. The first-order valence-electron chi connectivity index (χ1n) is 6.04. The van der Waals surface area contributed by atoms with Crippen molar-refractivity contribution in [3.05, 3.63) is 0 Å². The molecule has 0 aromatic carbocycles. The fourth-order valence-corrected chi connectivity index (χ4v) is 3.05. The number of hydrogen-bond donors (Lipinski definition) is 1. The molecular formula is C12H17NO4. The molecule has 94 valence electrons. The van der Waals surface area contributed by atoms with Crippen molar-refractivity contribution < 1.29 is 19.5 Å². The van der Waals surface area contributed by atoms with Gasteiger partial charge in [0.05, 0.1) is 11.8 Å². The monoisotopic (exact) mass is 239 g/mol. The van der Waals surface area contributed by atoms with Crippen molar-refractivity contribution in [3.63, 3.8) is 0 Å². The van der Waals surface area contributed by atoms with Crippen LogP contribution in [0.5, 0.6) is 0 Å². The van der Waals surface area contributed by atoms with Gasteiger partial charge in [-0.25, -0.2) is 0 Å². The van der Waals surface area contributed by atoms with Crippen LogP contribution in [0.1, 0.15) is 45.4 Å². The standard InChI is InChI=1S/C12H17NO4/c1-8(6-10(15)16)13-9(14)7-12(11(13)17)4-2-3-5-12/h8H,2-7H2,1H3,(H,15,16). The van der Waals surface area contributed by atoms with Gasteiger partial charge in [-0.2, -0.15) is 0 Å². The molecule has 1 spiro atoms. The predicted octanol–water partition coefficient (Wildman–Crippen LogP) is 1.17. The summed E-state index contributed by atoms with van der Waals surface area (Å²) in [5.74, 6) is -1.33. The highest BCUT2D eigenvalue weighted by molar-refractivity contribution is 6.06. The van der Waals surface area contributed by atoms with Crippen molar-refractivity contribution in [3.8, 4) is 0 Å². The molecule has 2 amide bonds. The number of carboxylic acids is 1. The number of carbonyl (C=O) groups excluding carboxylic acids is 2. The summed E-state index contributed by atoms with van der Waals surface area (Å²) in [6, 6.07) is -0.535. The Bertz CT molecular complexity index is 371. The maximum absolute atomic E-state index is 12.3. The average molecular weight is 239 g/mol. The molecule has 1 atom stereocenters. The summed E-state index contributed by atoms with van der Waals surface area (Å²) in [5.41, 5.74) is -0.496. The third-order valence-corrected chi connectivity index (χ3v) is 3.90. The number of hydrogen-bond acceptors (Lipinski definition) is 3. The van der Waals surface area contributed by atoms with E-state index >= 15 is 0 Å². The van der Waals surface area contributed by atoms with Gasteiger partial charge >= 0.3 is 5.97 Å². The molecular weight excluding hydrogens is 222 g/mol. The van der Waals surface area contributed by atoms with Gasteiger partial charge in [0.2, 0.25) is 11.8 Å². The first kappa shape index (κ1) is 12.1. The van der Waals surface area contributed by atoms with Gasteiger partial charge in [-0.15, -0.1) is 0 Å². The van der Waals surface area contributed by atoms with Crippen molar-refractivity contribution >= 4 is 17.8 Å². The van der Waals surface area contributed by atoms with Crippen molar-refractivity contribution in [1.82, 2.24) is 4.90 Å². The number of carboxylic acid groups (broad SMARTS) is 1. The Hall–Kier alpha value is -1.39. The van der Waals surface area contributed by atoms with E-state index in [-0.39, 0.29) is 24.7 Å². The molecule has 1 N–H and O–H groups in total. The van der Waals surface area contributed by atoms with Crippen LogP contribution in [0.25, 0.3) is 0 Å². The van der Waals surface area contributed by atoms with E-state index in [9.17, 15) is 14.4 Å². The van der Waals surface area contributed by atoms with E-state index in [0.29, 0.717) is 0 Å². The maximum Gasteiger partial charge on any atom is 0.305 e.